The van der Waals surface area contributed by atoms with E-state index < -0.39 is 0 Å². The number of fused-ring (bicyclic) bond motifs is 1. The van der Waals surface area contributed by atoms with Gasteiger partial charge >= 0.3 is 0 Å². The third-order valence-corrected chi connectivity index (χ3v) is 4.04. The van der Waals surface area contributed by atoms with Gasteiger partial charge in [0.05, 0.1) is 7.11 Å². The van der Waals surface area contributed by atoms with Gasteiger partial charge in [-0.15, -0.1) is 0 Å². The second kappa shape index (κ2) is 5.41. The van der Waals surface area contributed by atoms with Crippen LogP contribution in [-0.4, -0.2) is 19.8 Å². The highest BCUT2D eigenvalue weighted by Crippen LogP contribution is 2.35. The predicted molar refractivity (Wildman–Crippen MR) is 75.8 cm³/mol. The van der Waals surface area contributed by atoms with E-state index in [9.17, 15) is 0 Å². The first-order valence-electron chi connectivity index (χ1n) is 7.33. The Morgan fingerprint density at radius 3 is 2.95 bits per heavy atom. The number of methoxy groups -OCH3 is 1. The molecule has 19 heavy (non-hydrogen) atoms. The van der Waals surface area contributed by atoms with Crippen molar-refractivity contribution >= 4 is 0 Å². The van der Waals surface area contributed by atoms with E-state index in [1.807, 2.05) is 0 Å². The van der Waals surface area contributed by atoms with E-state index in [0.717, 1.165) is 36.9 Å². The van der Waals surface area contributed by atoms with Crippen LogP contribution in [-0.2, 0) is 13.0 Å². The Kier molecular flexibility index (Phi) is 3.65. The molecule has 1 fully saturated rings. The van der Waals surface area contributed by atoms with Crippen molar-refractivity contribution in [3.05, 3.63) is 23.3 Å². The van der Waals surface area contributed by atoms with Crippen molar-refractivity contribution in [3.8, 4) is 11.5 Å². The Hall–Kier alpha value is -1.22. The van der Waals surface area contributed by atoms with Gasteiger partial charge in [-0.1, -0.05) is 12.8 Å². The first-order chi connectivity index (χ1) is 9.26. The van der Waals surface area contributed by atoms with Gasteiger partial charge < -0.3 is 14.8 Å². The van der Waals surface area contributed by atoms with E-state index in [2.05, 4.69) is 24.4 Å². The summed E-state index contributed by atoms with van der Waals surface area (Å²) < 4.78 is 11.3. The Morgan fingerprint density at radius 2 is 2.21 bits per heavy atom. The lowest BCUT2D eigenvalue weighted by molar-refractivity contribution is 0.254. The van der Waals surface area contributed by atoms with Gasteiger partial charge in [0.2, 0.25) is 0 Å². The topological polar surface area (TPSA) is 30.5 Å². The largest absolute Gasteiger partial charge is 0.496 e. The van der Waals surface area contributed by atoms with Crippen molar-refractivity contribution in [2.24, 2.45) is 5.92 Å². The van der Waals surface area contributed by atoms with Crippen LogP contribution in [0.5, 0.6) is 11.5 Å². The van der Waals surface area contributed by atoms with Crippen molar-refractivity contribution in [1.82, 2.24) is 5.32 Å². The van der Waals surface area contributed by atoms with Gasteiger partial charge in [-0.05, 0) is 37.9 Å². The van der Waals surface area contributed by atoms with Crippen LogP contribution in [0.2, 0.25) is 0 Å². The van der Waals surface area contributed by atoms with Gasteiger partial charge in [-0.25, -0.2) is 0 Å². The Balaban J connectivity index is 1.63. The van der Waals surface area contributed by atoms with Crippen molar-refractivity contribution in [2.45, 2.75) is 45.3 Å². The molecule has 3 rings (SSSR count). The molecule has 1 N–H and O–H groups in total. The molecule has 1 heterocycles. The van der Waals surface area contributed by atoms with Gasteiger partial charge in [0.15, 0.2) is 0 Å². The molecule has 0 spiro atoms. The zero-order valence-corrected chi connectivity index (χ0v) is 11.9. The van der Waals surface area contributed by atoms with Crippen LogP contribution in [0, 0.1) is 5.92 Å². The Labute approximate surface area is 115 Å². The molecule has 2 aliphatic rings. The van der Waals surface area contributed by atoms with Gasteiger partial charge in [0.1, 0.15) is 17.6 Å². The maximum Gasteiger partial charge on any atom is 0.123 e. The van der Waals surface area contributed by atoms with E-state index >= 15 is 0 Å². The number of benzene rings is 1. The highest BCUT2D eigenvalue weighted by Gasteiger charge is 2.22. The highest BCUT2D eigenvalue weighted by atomic mass is 16.5. The van der Waals surface area contributed by atoms with Crippen molar-refractivity contribution in [1.29, 1.82) is 0 Å². The van der Waals surface area contributed by atoms with E-state index in [1.54, 1.807) is 7.11 Å². The SMILES string of the molecule is COc1cc2c(cc1CNCCC1CC1)OC(C)C2. The molecule has 0 amide bonds. The summed E-state index contributed by atoms with van der Waals surface area (Å²) in [5.74, 6) is 3.00. The zero-order chi connectivity index (χ0) is 13.2. The van der Waals surface area contributed by atoms with Crippen molar-refractivity contribution in [3.63, 3.8) is 0 Å². The van der Waals surface area contributed by atoms with E-state index in [4.69, 9.17) is 9.47 Å². The molecule has 3 nitrogen and oxygen atoms in total. The van der Waals surface area contributed by atoms with Crippen molar-refractivity contribution < 1.29 is 9.47 Å². The molecule has 1 unspecified atom stereocenters. The lowest BCUT2D eigenvalue weighted by Crippen LogP contribution is -2.15. The summed E-state index contributed by atoms with van der Waals surface area (Å²) in [6.07, 6.45) is 5.44. The second-order valence-corrected chi connectivity index (χ2v) is 5.81. The normalized spacial score (nSPS) is 21.1. The monoisotopic (exact) mass is 261 g/mol. The molecule has 0 saturated heterocycles. The molecule has 1 aliphatic heterocycles. The van der Waals surface area contributed by atoms with Crippen molar-refractivity contribution in [2.75, 3.05) is 13.7 Å². The fourth-order valence-corrected chi connectivity index (χ4v) is 2.75. The lowest BCUT2D eigenvalue weighted by Gasteiger charge is -2.12. The number of nitrogens with one attached hydrogen (secondary N) is 1. The summed E-state index contributed by atoms with van der Waals surface area (Å²) in [6, 6.07) is 4.28. The number of ether oxygens (including phenoxy) is 2. The molecule has 3 heteroatoms. The summed E-state index contributed by atoms with van der Waals surface area (Å²) in [5, 5.41) is 3.51. The third kappa shape index (κ3) is 3.03. The van der Waals surface area contributed by atoms with Crippen LogP contribution >= 0.6 is 0 Å². The van der Waals surface area contributed by atoms with Crippen LogP contribution in [0.15, 0.2) is 12.1 Å². The minimum atomic E-state index is 0.290. The van der Waals surface area contributed by atoms with E-state index in [-0.39, 0.29) is 6.10 Å². The standard InChI is InChI=1S/C16H23NO2/c1-11-7-13-8-15(18-2)14(9-16(13)19-11)10-17-6-5-12-3-4-12/h8-9,11-12,17H,3-7,10H2,1-2H3. The smallest absolute Gasteiger partial charge is 0.123 e. The second-order valence-electron chi connectivity index (χ2n) is 5.81. The highest BCUT2D eigenvalue weighted by molar-refractivity contribution is 5.48. The molecular weight excluding hydrogens is 238 g/mol. The minimum absolute atomic E-state index is 0.290. The molecule has 104 valence electrons. The molecular formula is C16H23NO2. The molecule has 0 bridgehead atoms. The van der Waals surface area contributed by atoms with Crippen LogP contribution in [0.1, 0.15) is 37.3 Å². The summed E-state index contributed by atoms with van der Waals surface area (Å²) in [5.41, 5.74) is 2.47. The molecule has 0 radical (unpaired) electrons. The fourth-order valence-electron chi connectivity index (χ4n) is 2.75. The summed E-state index contributed by atoms with van der Waals surface area (Å²) >= 11 is 0. The quantitative estimate of drug-likeness (QED) is 0.799. The van der Waals surface area contributed by atoms with Crippen LogP contribution in [0.4, 0.5) is 0 Å². The van der Waals surface area contributed by atoms with Gasteiger partial charge in [0.25, 0.3) is 0 Å². The molecule has 1 saturated carbocycles. The molecule has 1 atom stereocenters. The van der Waals surface area contributed by atoms with Gasteiger partial charge in [0, 0.05) is 24.1 Å². The number of hydrogen-bond acceptors (Lipinski definition) is 3. The molecule has 1 aromatic rings. The summed E-state index contributed by atoms with van der Waals surface area (Å²) in [7, 11) is 1.74. The molecule has 1 aromatic carbocycles. The summed E-state index contributed by atoms with van der Waals surface area (Å²) in [6.45, 7) is 4.07. The zero-order valence-electron chi connectivity index (χ0n) is 11.9. The Bertz CT molecular complexity index is 454. The molecule has 1 aliphatic carbocycles. The van der Waals surface area contributed by atoms with Crippen LogP contribution in [0.25, 0.3) is 0 Å². The van der Waals surface area contributed by atoms with Gasteiger partial charge in [-0.2, -0.15) is 0 Å². The van der Waals surface area contributed by atoms with Crippen LogP contribution in [0.3, 0.4) is 0 Å². The Morgan fingerprint density at radius 1 is 1.37 bits per heavy atom. The van der Waals surface area contributed by atoms with E-state index in [1.165, 1.54) is 30.4 Å². The number of hydrogen-bond donors (Lipinski definition) is 1. The fraction of sp³-hybridized carbons (Fsp3) is 0.625. The van der Waals surface area contributed by atoms with Gasteiger partial charge in [-0.3, -0.25) is 0 Å². The summed E-state index contributed by atoms with van der Waals surface area (Å²) in [4.78, 5) is 0. The van der Waals surface area contributed by atoms with Crippen LogP contribution < -0.4 is 14.8 Å². The average Bonchev–Trinajstić information content (AvgIpc) is 3.14. The minimum Gasteiger partial charge on any atom is -0.496 e. The third-order valence-electron chi connectivity index (χ3n) is 4.04. The maximum absolute atomic E-state index is 5.82. The maximum atomic E-state index is 5.82. The number of rotatable bonds is 6. The first-order valence-corrected chi connectivity index (χ1v) is 7.33. The average molecular weight is 261 g/mol. The molecule has 0 aromatic heterocycles. The van der Waals surface area contributed by atoms with E-state index in [0.29, 0.717) is 0 Å². The first kappa shape index (κ1) is 12.8. The lowest BCUT2D eigenvalue weighted by atomic mass is 10.1. The predicted octanol–water partition coefficient (Wildman–Crippen LogP) is 2.91.